The molecule has 3 aromatic rings. The minimum Gasteiger partial charge on any atom is -0.497 e. The summed E-state index contributed by atoms with van der Waals surface area (Å²) in [5.41, 5.74) is 9.74. The van der Waals surface area contributed by atoms with Crippen molar-refractivity contribution >= 4 is 27.7 Å². The van der Waals surface area contributed by atoms with Crippen LogP contribution in [0.1, 0.15) is 36.6 Å². The number of hydrogen-bond donors (Lipinski definition) is 3. The number of piperidine rings is 1. The lowest BCUT2D eigenvalue weighted by molar-refractivity contribution is 0.126. The van der Waals surface area contributed by atoms with Crippen LogP contribution in [0.5, 0.6) is 11.5 Å². The number of methoxy groups -OCH3 is 1. The summed E-state index contributed by atoms with van der Waals surface area (Å²) in [5.74, 6) is 1.97. The number of likely N-dealkylation sites (tertiary alicyclic amines) is 1. The van der Waals surface area contributed by atoms with Crippen molar-refractivity contribution in [2.24, 2.45) is 16.6 Å². The molecule has 1 unspecified atom stereocenters. The number of nitrogens with zero attached hydrogens (tertiary/aromatic N) is 4. The molecule has 0 aliphatic carbocycles. The molecule has 1 fully saturated rings. The van der Waals surface area contributed by atoms with E-state index in [1.165, 1.54) is 17.5 Å². The Balaban J connectivity index is 1.49. The summed E-state index contributed by atoms with van der Waals surface area (Å²) in [6.07, 6.45) is 6.05. The molecule has 0 radical (unpaired) electrons. The number of nitrogens with one attached hydrogen (secondary N) is 1. The predicted octanol–water partition coefficient (Wildman–Crippen LogP) is 5.55. The molecule has 4 N–H and O–H groups in total. The lowest BCUT2D eigenvalue weighted by Gasteiger charge is -2.30. The molecule has 0 saturated carbocycles. The zero-order valence-corrected chi connectivity index (χ0v) is 26.9. The molecule has 1 aliphatic heterocycles. The number of nitriles is 1. The first kappa shape index (κ1) is 32.9. The predicted molar refractivity (Wildman–Crippen MR) is 181 cm³/mol. The van der Waals surface area contributed by atoms with Crippen molar-refractivity contribution < 1.29 is 14.6 Å². The van der Waals surface area contributed by atoms with Crippen molar-refractivity contribution in [3.05, 3.63) is 71.2 Å². The molecule has 10 heteroatoms. The Morgan fingerprint density at radius 1 is 1.23 bits per heavy atom. The largest absolute Gasteiger partial charge is 0.497 e. The summed E-state index contributed by atoms with van der Waals surface area (Å²) in [5, 5.41) is 23.9. The topological polar surface area (TPSA) is 119 Å². The van der Waals surface area contributed by atoms with Gasteiger partial charge in [-0.3, -0.25) is 4.99 Å². The molecule has 1 saturated heterocycles. The van der Waals surface area contributed by atoms with Crippen LogP contribution in [-0.2, 0) is 0 Å². The van der Waals surface area contributed by atoms with Gasteiger partial charge in [-0.15, -0.1) is 11.3 Å². The van der Waals surface area contributed by atoms with Gasteiger partial charge in [0, 0.05) is 44.6 Å². The van der Waals surface area contributed by atoms with Crippen LogP contribution in [0.3, 0.4) is 0 Å². The van der Waals surface area contributed by atoms with Gasteiger partial charge in [-0.1, -0.05) is 18.2 Å². The number of nitrogens with two attached hydrogens (primary N) is 1. The van der Waals surface area contributed by atoms with E-state index in [1.54, 1.807) is 13.2 Å². The fourth-order valence-electron chi connectivity index (χ4n) is 5.37. The molecule has 2 heterocycles. The molecule has 4 rings (SSSR count). The van der Waals surface area contributed by atoms with Crippen LogP contribution in [0.15, 0.2) is 65.8 Å². The first-order chi connectivity index (χ1) is 21.4. The van der Waals surface area contributed by atoms with Crippen molar-refractivity contribution in [1.82, 2.24) is 4.90 Å². The minimum absolute atomic E-state index is 0.299. The van der Waals surface area contributed by atoms with Crippen molar-refractivity contribution in [2.45, 2.75) is 32.4 Å². The molecule has 1 aromatic heterocycles. The first-order valence-electron chi connectivity index (χ1n) is 15.0. The van der Waals surface area contributed by atoms with Crippen molar-refractivity contribution in [3.63, 3.8) is 0 Å². The second kappa shape index (κ2) is 16.1. The molecular formula is C34H44N6O3S. The molecule has 0 spiro atoms. The van der Waals surface area contributed by atoms with Crippen LogP contribution >= 0.6 is 11.3 Å². The SMILES string of the molecule is COc1cccc(-c2c(C(/C=C\N)=N/C(C)Nc3cccc(OCCCN4CCC(CO)CC4)c3)sc(N(C)C)c2C#N)c1. The number of aliphatic imine (C=N–C) groups is 1. The fraction of sp³-hybridized carbons (Fsp3) is 0.412. The molecule has 44 heavy (non-hydrogen) atoms. The van der Waals surface area contributed by atoms with E-state index in [1.807, 2.05) is 74.4 Å². The highest BCUT2D eigenvalue weighted by Gasteiger charge is 2.24. The lowest BCUT2D eigenvalue weighted by atomic mass is 9.98. The lowest BCUT2D eigenvalue weighted by Crippen LogP contribution is -2.35. The third kappa shape index (κ3) is 8.53. The third-order valence-electron chi connectivity index (χ3n) is 7.65. The number of benzene rings is 2. The Bertz CT molecular complexity index is 1470. The number of ether oxygens (including phenoxy) is 2. The number of anilines is 2. The number of aliphatic hydroxyl groups excluding tert-OH is 1. The molecule has 2 aromatic carbocycles. The summed E-state index contributed by atoms with van der Waals surface area (Å²) in [6, 6.07) is 18.0. The van der Waals surface area contributed by atoms with Gasteiger partial charge in [-0.05, 0) is 87.3 Å². The first-order valence-corrected chi connectivity index (χ1v) is 15.9. The second-order valence-electron chi connectivity index (χ2n) is 11.1. The van der Waals surface area contributed by atoms with Crippen LogP contribution in [0, 0.1) is 17.2 Å². The summed E-state index contributed by atoms with van der Waals surface area (Å²) in [6.45, 7) is 6.02. The van der Waals surface area contributed by atoms with Crippen molar-refractivity contribution in [3.8, 4) is 28.7 Å². The minimum atomic E-state index is -0.299. The van der Waals surface area contributed by atoms with Crippen LogP contribution in [-0.4, -0.2) is 75.9 Å². The molecule has 0 bridgehead atoms. The Morgan fingerprint density at radius 2 is 1.98 bits per heavy atom. The highest BCUT2D eigenvalue weighted by Crippen LogP contribution is 2.42. The Labute approximate surface area is 265 Å². The summed E-state index contributed by atoms with van der Waals surface area (Å²) >= 11 is 1.51. The van der Waals surface area contributed by atoms with Gasteiger partial charge in [0.1, 0.15) is 28.7 Å². The van der Waals surface area contributed by atoms with Gasteiger partial charge in [-0.25, -0.2) is 0 Å². The Kier molecular flexibility index (Phi) is 12.1. The number of rotatable bonds is 14. The van der Waals surface area contributed by atoms with Gasteiger partial charge in [-0.2, -0.15) is 5.26 Å². The summed E-state index contributed by atoms with van der Waals surface area (Å²) in [4.78, 5) is 10.3. The van der Waals surface area contributed by atoms with Crippen molar-refractivity contribution in [1.29, 1.82) is 5.26 Å². The molecule has 234 valence electrons. The highest BCUT2D eigenvalue weighted by molar-refractivity contribution is 7.19. The van der Waals surface area contributed by atoms with Gasteiger partial charge in [0.2, 0.25) is 0 Å². The van der Waals surface area contributed by atoms with Crippen LogP contribution < -0.4 is 25.4 Å². The van der Waals surface area contributed by atoms with Crippen LogP contribution in [0.2, 0.25) is 0 Å². The molecular weight excluding hydrogens is 572 g/mol. The number of allylic oxidation sites excluding steroid dienone is 1. The Hall–Kier alpha value is -4.04. The van der Waals surface area contributed by atoms with E-state index in [0.717, 1.165) is 71.3 Å². The maximum atomic E-state index is 10.2. The zero-order valence-electron chi connectivity index (χ0n) is 26.1. The molecule has 9 nitrogen and oxygen atoms in total. The van der Waals surface area contributed by atoms with Gasteiger partial charge < -0.3 is 35.4 Å². The van der Waals surface area contributed by atoms with Crippen LogP contribution in [0.25, 0.3) is 11.1 Å². The van der Waals surface area contributed by atoms with E-state index in [9.17, 15) is 10.4 Å². The average molecular weight is 617 g/mol. The highest BCUT2D eigenvalue weighted by atomic mass is 32.1. The number of thiophene rings is 1. The van der Waals surface area contributed by atoms with E-state index in [4.69, 9.17) is 20.2 Å². The van der Waals surface area contributed by atoms with Gasteiger partial charge in [0.15, 0.2) is 0 Å². The average Bonchev–Trinajstić information content (AvgIpc) is 3.43. The molecule has 1 aliphatic rings. The van der Waals surface area contributed by atoms with E-state index >= 15 is 0 Å². The monoisotopic (exact) mass is 616 g/mol. The van der Waals surface area contributed by atoms with Gasteiger partial charge >= 0.3 is 0 Å². The normalized spacial score (nSPS) is 15.2. The van der Waals surface area contributed by atoms with E-state index < -0.39 is 0 Å². The number of aliphatic hydroxyl groups is 1. The van der Waals surface area contributed by atoms with Crippen molar-refractivity contribution in [2.75, 3.05) is 64.3 Å². The van der Waals surface area contributed by atoms with Crippen LogP contribution in [0.4, 0.5) is 10.7 Å². The van der Waals surface area contributed by atoms with E-state index in [-0.39, 0.29) is 6.17 Å². The van der Waals surface area contributed by atoms with E-state index in [2.05, 4.69) is 16.3 Å². The summed E-state index contributed by atoms with van der Waals surface area (Å²) < 4.78 is 11.5. The van der Waals surface area contributed by atoms with Gasteiger partial charge in [0.05, 0.1) is 29.9 Å². The standard InChI is InChI=1S/C34H44N6O3S/c1-24(37-27-9-6-11-29(21-27)43-19-7-16-40-17-13-25(23-41)14-18-40)38-31(12-15-35)33-32(26-8-5-10-28(20-26)42-4)30(22-36)34(44-33)39(2)3/h5-6,8-12,15,20-21,24-25,37,41H,7,13-14,16-19,23,35H2,1-4H3/b15-12-,38-31+. The summed E-state index contributed by atoms with van der Waals surface area (Å²) in [7, 11) is 5.49. The molecule has 0 amide bonds. The molecule has 1 atom stereocenters. The Morgan fingerprint density at radius 3 is 2.66 bits per heavy atom. The maximum Gasteiger partial charge on any atom is 0.121 e. The fourth-order valence-corrected chi connectivity index (χ4v) is 6.54. The zero-order chi connectivity index (χ0) is 31.5. The maximum absolute atomic E-state index is 10.2. The quantitative estimate of drug-likeness (QED) is 0.159. The smallest absolute Gasteiger partial charge is 0.121 e. The van der Waals surface area contributed by atoms with Gasteiger partial charge in [0.25, 0.3) is 0 Å². The number of hydrogen-bond acceptors (Lipinski definition) is 10. The van der Waals surface area contributed by atoms with E-state index in [0.29, 0.717) is 36.2 Å². The third-order valence-corrected chi connectivity index (χ3v) is 9.03. The second-order valence-corrected chi connectivity index (χ2v) is 12.1.